The lowest BCUT2D eigenvalue weighted by Crippen LogP contribution is -2.22. The van der Waals surface area contributed by atoms with Crippen molar-refractivity contribution in [2.75, 3.05) is 0 Å². The van der Waals surface area contributed by atoms with Gasteiger partial charge in [-0.1, -0.05) is 41.1 Å². The summed E-state index contributed by atoms with van der Waals surface area (Å²) >= 11 is 6.05. The van der Waals surface area contributed by atoms with Crippen LogP contribution in [0.3, 0.4) is 0 Å². The number of halogens is 1. The van der Waals surface area contributed by atoms with E-state index in [2.05, 4.69) is 10.3 Å². The molecular weight excluding hydrogens is 250 g/mol. The summed E-state index contributed by atoms with van der Waals surface area (Å²) < 4.78 is 1.21. The molecular formula is C13H8ClN3O. The number of para-hydroxylation sites is 1. The minimum Gasteiger partial charge on any atom is -0.267 e. The molecule has 0 spiro atoms. The fourth-order valence-corrected chi connectivity index (χ4v) is 1.99. The molecule has 0 aliphatic carbocycles. The number of hydrogen-bond donors (Lipinski definition) is 0. The minimum absolute atomic E-state index is 0.228. The third kappa shape index (κ3) is 1.67. The highest BCUT2D eigenvalue weighted by Crippen LogP contribution is 2.17. The standard InChI is InChI=1S/C13H8ClN3O/c14-10-6-2-4-8-12(10)17-13(18)9-5-1-3-7-11(9)15-16-17/h1-8H. The van der Waals surface area contributed by atoms with E-state index in [-0.39, 0.29) is 5.56 Å². The van der Waals surface area contributed by atoms with Gasteiger partial charge >= 0.3 is 0 Å². The van der Waals surface area contributed by atoms with Crippen LogP contribution >= 0.6 is 11.6 Å². The molecule has 2 aromatic carbocycles. The van der Waals surface area contributed by atoms with Crippen LogP contribution in [0.4, 0.5) is 0 Å². The van der Waals surface area contributed by atoms with E-state index in [0.29, 0.717) is 21.6 Å². The Bertz CT molecular complexity index is 782. The molecule has 0 N–H and O–H groups in total. The molecule has 1 aromatic heterocycles. The summed E-state index contributed by atoms with van der Waals surface area (Å²) in [7, 11) is 0. The number of nitrogens with zero attached hydrogens (tertiary/aromatic N) is 3. The monoisotopic (exact) mass is 257 g/mol. The molecule has 0 aliphatic heterocycles. The molecule has 5 heteroatoms. The maximum absolute atomic E-state index is 12.3. The van der Waals surface area contributed by atoms with Gasteiger partial charge in [0.2, 0.25) is 0 Å². The molecule has 0 saturated heterocycles. The normalized spacial score (nSPS) is 10.7. The lowest BCUT2D eigenvalue weighted by Gasteiger charge is -2.05. The summed E-state index contributed by atoms with van der Waals surface area (Å²) in [6.07, 6.45) is 0. The minimum atomic E-state index is -0.228. The van der Waals surface area contributed by atoms with Gasteiger partial charge in [-0.25, -0.2) is 0 Å². The second kappa shape index (κ2) is 4.23. The highest BCUT2D eigenvalue weighted by molar-refractivity contribution is 6.32. The van der Waals surface area contributed by atoms with Gasteiger partial charge in [-0.3, -0.25) is 4.79 Å². The third-order valence-corrected chi connectivity index (χ3v) is 2.97. The first-order chi connectivity index (χ1) is 8.77. The zero-order valence-corrected chi connectivity index (χ0v) is 10.0. The average molecular weight is 258 g/mol. The molecule has 4 nitrogen and oxygen atoms in total. The van der Waals surface area contributed by atoms with Crippen LogP contribution in [0.15, 0.2) is 53.3 Å². The van der Waals surface area contributed by atoms with Gasteiger partial charge < -0.3 is 0 Å². The molecule has 0 aliphatic rings. The molecule has 18 heavy (non-hydrogen) atoms. The van der Waals surface area contributed by atoms with Crippen LogP contribution in [0.2, 0.25) is 5.02 Å². The summed E-state index contributed by atoms with van der Waals surface area (Å²) in [5, 5.41) is 8.90. The topological polar surface area (TPSA) is 47.8 Å². The van der Waals surface area contributed by atoms with Crippen LogP contribution in [0.5, 0.6) is 0 Å². The molecule has 0 bridgehead atoms. The van der Waals surface area contributed by atoms with Crippen molar-refractivity contribution in [1.82, 2.24) is 15.0 Å². The maximum Gasteiger partial charge on any atom is 0.282 e. The Balaban J connectivity index is 2.35. The van der Waals surface area contributed by atoms with E-state index >= 15 is 0 Å². The van der Waals surface area contributed by atoms with E-state index in [0.717, 1.165) is 0 Å². The smallest absolute Gasteiger partial charge is 0.267 e. The fourth-order valence-electron chi connectivity index (χ4n) is 1.77. The number of aromatic nitrogens is 3. The van der Waals surface area contributed by atoms with Crippen molar-refractivity contribution in [3.05, 3.63) is 63.9 Å². The van der Waals surface area contributed by atoms with Crippen molar-refractivity contribution < 1.29 is 0 Å². The lowest BCUT2D eigenvalue weighted by molar-refractivity contribution is 0.738. The molecule has 3 rings (SSSR count). The van der Waals surface area contributed by atoms with Gasteiger partial charge in [0, 0.05) is 0 Å². The lowest BCUT2D eigenvalue weighted by atomic mass is 10.2. The Hall–Kier alpha value is -2.20. The second-order valence-electron chi connectivity index (χ2n) is 3.77. The van der Waals surface area contributed by atoms with Crippen molar-refractivity contribution in [2.45, 2.75) is 0 Å². The first-order valence-corrected chi connectivity index (χ1v) is 5.75. The van der Waals surface area contributed by atoms with E-state index in [1.54, 1.807) is 42.5 Å². The predicted octanol–water partition coefficient (Wildman–Crippen LogP) is 2.43. The number of hydrogen-bond acceptors (Lipinski definition) is 3. The van der Waals surface area contributed by atoms with Crippen molar-refractivity contribution >= 4 is 22.5 Å². The van der Waals surface area contributed by atoms with Gasteiger partial charge in [0.15, 0.2) is 0 Å². The maximum atomic E-state index is 12.3. The van der Waals surface area contributed by atoms with Gasteiger partial charge in [-0.2, -0.15) is 4.68 Å². The fraction of sp³-hybridized carbons (Fsp3) is 0. The average Bonchev–Trinajstić information content (AvgIpc) is 2.41. The zero-order valence-electron chi connectivity index (χ0n) is 9.25. The van der Waals surface area contributed by atoms with Crippen LogP contribution in [0.1, 0.15) is 0 Å². The van der Waals surface area contributed by atoms with Crippen LogP contribution in [0, 0.1) is 0 Å². The molecule has 0 saturated carbocycles. The van der Waals surface area contributed by atoms with Gasteiger partial charge in [-0.15, -0.1) is 5.10 Å². The zero-order chi connectivity index (χ0) is 12.5. The quantitative estimate of drug-likeness (QED) is 0.673. The summed E-state index contributed by atoms with van der Waals surface area (Å²) in [5.41, 5.74) is 0.877. The van der Waals surface area contributed by atoms with E-state index in [1.165, 1.54) is 4.68 Å². The Morgan fingerprint density at radius 3 is 2.56 bits per heavy atom. The van der Waals surface area contributed by atoms with Crippen molar-refractivity contribution in [3.8, 4) is 5.69 Å². The van der Waals surface area contributed by atoms with Crippen molar-refractivity contribution in [3.63, 3.8) is 0 Å². The number of benzene rings is 2. The molecule has 0 atom stereocenters. The number of fused-ring (bicyclic) bond motifs is 1. The highest BCUT2D eigenvalue weighted by Gasteiger charge is 2.08. The van der Waals surface area contributed by atoms with Crippen LogP contribution in [-0.4, -0.2) is 15.0 Å². The molecule has 0 fully saturated rings. The van der Waals surface area contributed by atoms with Crippen LogP contribution < -0.4 is 5.56 Å². The van der Waals surface area contributed by atoms with E-state index in [9.17, 15) is 4.79 Å². The second-order valence-corrected chi connectivity index (χ2v) is 4.18. The van der Waals surface area contributed by atoms with Gasteiger partial charge in [0.1, 0.15) is 5.52 Å². The van der Waals surface area contributed by atoms with E-state index in [1.807, 2.05) is 6.07 Å². The van der Waals surface area contributed by atoms with Gasteiger partial charge in [-0.05, 0) is 24.3 Å². The largest absolute Gasteiger partial charge is 0.282 e. The first kappa shape index (κ1) is 10.9. The number of rotatable bonds is 1. The van der Waals surface area contributed by atoms with Gasteiger partial charge in [0.05, 0.1) is 16.1 Å². The van der Waals surface area contributed by atoms with E-state index in [4.69, 9.17) is 11.6 Å². The molecule has 1 heterocycles. The Morgan fingerprint density at radius 1 is 1.00 bits per heavy atom. The van der Waals surface area contributed by atoms with Crippen LogP contribution in [-0.2, 0) is 0 Å². The summed E-state index contributed by atoms with van der Waals surface area (Å²) in [4.78, 5) is 12.3. The Morgan fingerprint density at radius 2 is 1.72 bits per heavy atom. The summed E-state index contributed by atoms with van der Waals surface area (Å²) in [6.45, 7) is 0. The first-order valence-electron chi connectivity index (χ1n) is 5.37. The highest BCUT2D eigenvalue weighted by atomic mass is 35.5. The third-order valence-electron chi connectivity index (χ3n) is 2.65. The molecule has 3 aromatic rings. The molecule has 0 amide bonds. The molecule has 88 valence electrons. The van der Waals surface area contributed by atoms with Crippen LogP contribution in [0.25, 0.3) is 16.6 Å². The van der Waals surface area contributed by atoms with Gasteiger partial charge in [0.25, 0.3) is 5.56 Å². The van der Waals surface area contributed by atoms with Crippen molar-refractivity contribution in [2.24, 2.45) is 0 Å². The summed E-state index contributed by atoms with van der Waals surface area (Å²) in [5.74, 6) is 0. The predicted molar refractivity (Wildman–Crippen MR) is 70.1 cm³/mol. The SMILES string of the molecule is O=c1c2ccccc2nnn1-c1ccccc1Cl. The van der Waals surface area contributed by atoms with E-state index < -0.39 is 0 Å². The Kier molecular flexibility index (Phi) is 2.57. The summed E-state index contributed by atoms with van der Waals surface area (Å²) in [6, 6.07) is 14.1. The van der Waals surface area contributed by atoms with Crippen molar-refractivity contribution in [1.29, 1.82) is 0 Å². The Labute approximate surface area is 107 Å². The molecule has 0 radical (unpaired) electrons. The molecule has 0 unspecified atom stereocenters.